The Hall–Kier alpha value is -1.85. The topological polar surface area (TPSA) is 72.9 Å². The monoisotopic (exact) mass is 278 g/mol. The summed E-state index contributed by atoms with van der Waals surface area (Å²) in [6, 6.07) is 9.62. The van der Waals surface area contributed by atoms with Crippen molar-refractivity contribution in [1.82, 2.24) is 9.78 Å². The van der Waals surface area contributed by atoms with Crippen LogP contribution in [0.2, 0.25) is 5.02 Å². The molecule has 3 N–H and O–H groups in total. The van der Waals surface area contributed by atoms with Gasteiger partial charge in [0.25, 0.3) is 5.56 Å². The molecule has 0 radical (unpaired) electrons. The highest BCUT2D eigenvalue weighted by atomic mass is 35.5. The molecule has 0 bridgehead atoms. The lowest BCUT2D eigenvalue weighted by atomic mass is 10.2. The summed E-state index contributed by atoms with van der Waals surface area (Å²) in [6.45, 7) is 1.41. The fraction of sp³-hybridized carbons (Fsp3) is 0.231. The molecule has 0 aliphatic carbocycles. The second kappa shape index (κ2) is 6.36. The van der Waals surface area contributed by atoms with E-state index in [0.717, 1.165) is 5.56 Å². The predicted octanol–water partition coefficient (Wildman–Crippen LogP) is 1.32. The number of hydrogen-bond donors (Lipinski definition) is 2. The largest absolute Gasteiger partial charge is 0.381 e. The maximum absolute atomic E-state index is 12.1. The van der Waals surface area contributed by atoms with Crippen LogP contribution in [0.3, 0.4) is 0 Å². The molecule has 2 aromatic rings. The number of rotatable bonds is 5. The zero-order valence-corrected chi connectivity index (χ0v) is 11.1. The third kappa shape index (κ3) is 3.33. The van der Waals surface area contributed by atoms with Gasteiger partial charge in [0.05, 0.1) is 18.4 Å². The van der Waals surface area contributed by atoms with Crippen molar-refractivity contribution in [1.29, 1.82) is 0 Å². The van der Waals surface area contributed by atoms with Crippen LogP contribution in [0.4, 0.5) is 5.69 Å². The van der Waals surface area contributed by atoms with Gasteiger partial charge in [-0.2, -0.15) is 5.10 Å². The average Bonchev–Trinajstić information content (AvgIpc) is 2.44. The van der Waals surface area contributed by atoms with Crippen molar-refractivity contribution in [2.75, 3.05) is 18.4 Å². The van der Waals surface area contributed by atoms with E-state index in [9.17, 15) is 4.79 Å². The second-order valence-corrected chi connectivity index (χ2v) is 4.41. The minimum atomic E-state index is -0.312. The van der Waals surface area contributed by atoms with Gasteiger partial charge in [-0.25, -0.2) is 4.68 Å². The van der Waals surface area contributed by atoms with Crippen molar-refractivity contribution in [2.24, 2.45) is 5.73 Å². The summed E-state index contributed by atoms with van der Waals surface area (Å²) in [5.41, 5.74) is 6.59. The Labute approximate surface area is 116 Å². The van der Waals surface area contributed by atoms with Gasteiger partial charge in [-0.15, -0.1) is 0 Å². The van der Waals surface area contributed by atoms with E-state index >= 15 is 0 Å². The summed E-state index contributed by atoms with van der Waals surface area (Å²) in [7, 11) is 0. The third-order valence-electron chi connectivity index (χ3n) is 2.62. The van der Waals surface area contributed by atoms with E-state index in [2.05, 4.69) is 10.4 Å². The van der Waals surface area contributed by atoms with Gasteiger partial charge >= 0.3 is 0 Å². The Bertz CT molecular complexity index is 597. The minimum absolute atomic E-state index is 0.138. The summed E-state index contributed by atoms with van der Waals surface area (Å²) in [5, 5.41) is 7.20. The highest BCUT2D eigenvalue weighted by Gasteiger charge is 2.08. The Balaban J connectivity index is 2.24. The molecule has 5 nitrogen and oxygen atoms in total. The normalized spacial score (nSPS) is 10.4. The van der Waals surface area contributed by atoms with E-state index in [4.69, 9.17) is 17.3 Å². The number of anilines is 1. The summed E-state index contributed by atoms with van der Waals surface area (Å²) < 4.78 is 1.34. The molecule has 0 aliphatic rings. The summed E-state index contributed by atoms with van der Waals surface area (Å²) in [4.78, 5) is 12.1. The Kier molecular flexibility index (Phi) is 4.54. The van der Waals surface area contributed by atoms with E-state index in [-0.39, 0.29) is 10.6 Å². The van der Waals surface area contributed by atoms with Crippen molar-refractivity contribution in [3.05, 3.63) is 57.5 Å². The number of nitrogens with two attached hydrogens (primary N) is 1. The molecule has 0 atom stereocenters. The Morgan fingerprint density at radius 1 is 1.32 bits per heavy atom. The fourth-order valence-corrected chi connectivity index (χ4v) is 1.88. The fourth-order valence-electron chi connectivity index (χ4n) is 1.66. The van der Waals surface area contributed by atoms with E-state index in [1.807, 2.05) is 30.3 Å². The first-order valence-corrected chi connectivity index (χ1v) is 6.33. The standard InChI is InChI=1S/C13H15ClN4O/c14-12-11(16-7-6-15)8-17-18(13(12)19)9-10-4-2-1-3-5-10/h1-5,8,16H,6-7,9,15H2. The molecule has 2 rings (SSSR count). The molecular formula is C13H15ClN4O. The molecule has 0 unspecified atom stereocenters. The van der Waals surface area contributed by atoms with Crippen LogP contribution in [-0.2, 0) is 6.54 Å². The third-order valence-corrected chi connectivity index (χ3v) is 2.99. The van der Waals surface area contributed by atoms with Crippen LogP contribution in [0.5, 0.6) is 0 Å². The first kappa shape index (κ1) is 13.6. The summed E-state index contributed by atoms with van der Waals surface area (Å²) >= 11 is 6.02. The molecule has 0 saturated carbocycles. The van der Waals surface area contributed by atoms with Crippen LogP contribution in [0.1, 0.15) is 5.56 Å². The lowest BCUT2D eigenvalue weighted by molar-refractivity contribution is 0.640. The van der Waals surface area contributed by atoms with Gasteiger partial charge in [0, 0.05) is 13.1 Å². The van der Waals surface area contributed by atoms with Gasteiger partial charge in [0.2, 0.25) is 0 Å². The van der Waals surface area contributed by atoms with Crippen molar-refractivity contribution in [3.8, 4) is 0 Å². The van der Waals surface area contributed by atoms with Gasteiger partial charge < -0.3 is 11.1 Å². The average molecular weight is 279 g/mol. The van der Waals surface area contributed by atoms with Gasteiger partial charge in [-0.3, -0.25) is 4.79 Å². The maximum Gasteiger partial charge on any atom is 0.287 e. The van der Waals surface area contributed by atoms with Crippen LogP contribution in [0, 0.1) is 0 Å². The molecule has 0 aliphatic heterocycles. The van der Waals surface area contributed by atoms with Gasteiger partial charge in [0.1, 0.15) is 5.02 Å². The van der Waals surface area contributed by atoms with Crippen LogP contribution >= 0.6 is 11.6 Å². The number of nitrogens with zero attached hydrogens (tertiary/aromatic N) is 2. The van der Waals surface area contributed by atoms with Gasteiger partial charge in [-0.05, 0) is 5.56 Å². The molecular weight excluding hydrogens is 264 g/mol. The van der Waals surface area contributed by atoms with Gasteiger partial charge in [0.15, 0.2) is 0 Å². The second-order valence-electron chi connectivity index (χ2n) is 4.04. The number of nitrogens with one attached hydrogen (secondary N) is 1. The highest BCUT2D eigenvalue weighted by molar-refractivity contribution is 6.32. The number of aromatic nitrogens is 2. The molecule has 0 amide bonds. The van der Waals surface area contributed by atoms with Crippen LogP contribution in [-0.4, -0.2) is 22.9 Å². The van der Waals surface area contributed by atoms with E-state index in [1.54, 1.807) is 6.20 Å². The predicted molar refractivity (Wildman–Crippen MR) is 76.6 cm³/mol. The highest BCUT2D eigenvalue weighted by Crippen LogP contribution is 2.14. The number of benzene rings is 1. The van der Waals surface area contributed by atoms with E-state index in [1.165, 1.54) is 4.68 Å². The molecule has 1 aromatic carbocycles. The zero-order chi connectivity index (χ0) is 13.7. The molecule has 1 heterocycles. The zero-order valence-electron chi connectivity index (χ0n) is 10.3. The summed E-state index contributed by atoms with van der Waals surface area (Å²) in [5.74, 6) is 0. The number of halogens is 1. The van der Waals surface area contributed by atoms with Crippen LogP contribution in [0.15, 0.2) is 41.3 Å². The van der Waals surface area contributed by atoms with Crippen LogP contribution in [0.25, 0.3) is 0 Å². The molecule has 0 fully saturated rings. The molecule has 0 spiro atoms. The van der Waals surface area contributed by atoms with Crippen molar-refractivity contribution in [3.63, 3.8) is 0 Å². The van der Waals surface area contributed by atoms with E-state index < -0.39 is 0 Å². The molecule has 19 heavy (non-hydrogen) atoms. The van der Waals surface area contributed by atoms with Crippen LogP contribution < -0.4 is 16.6 Å². The molecule has 6 heteroatoms. The smallest absolute Gasteiger partial charge is 0.287 e. The SMILES string of the molecule is NCCNc1cnn(Cc2ccccc2)c(=O)c1Cl. The first-order chi connectivity index (χ1) is 9.22. The number of hydrogen-bond acceptors (Lipinski definition) is 4. The lowest BCUT2D eigenvalue weighted by Crippen LogP contribution is -2.25. The quantitative estimate of drug-likeness (QED) is 0.865. The maximum atomic E-state index is 12.1. The summed E-state index contributed by atoms with van der Waals surface area (Å²) in [6.07, 6.45) is 1.54. The van der Waals surface area contributed by atoms with Crippen molar-refractivity contribution in [2.45, 2.75) is 6.54 Å². The van der Waals surface area contributed by atoms with E-state index in [0.29, 0.717) is 25.3 Å². The Morgan fingerprint density at radius 2 is 2.05 bits per heavy atom. The van der Waals surface area contributed by atoms with Crippen molar-refractivity contribution >= 4 is 17.3 Å². The Morgan fingerprint density at radius 3 is 2.74 bits per heavy atom. The lowest BCUT2D eigenvalue weighted by Gasteiger charge is -2.09. The molecule has 100 valence electrons. The van der Waals surface area contributed by atoms with Gasteiger partial charge in [-0.1, -0.05) is 41.9 Å². The minimum Gasteiger partial charge on any atom is -0.381 e. The molecule has 0 saturated heterocycles. The van der Waals surface area contributed by atoms with Crippen molar-refractivity contribution < 1.29 is 0 Å². The molecule has 1 aromatic heterocycles. The first-order valence-electron chi connectivity index (χ1n) is 5.96.